The molecule has 0 amide bonds. The second-order valence-electron chi connectivity index (χ2n) is 2.85. The van der Waals surface area contributed by atoms with Crippen molar-refractivity contribution in [1.82, 2.24) is 4.98 Å². The minimum Gasteiger partial charge on any atom is -0.399 e. The van der Waals surface area contributed by atoms with E-state index in [0.29, 0.717) is 0 Å². The predicted octanol–water partition coefficient (Wildman–Crippen LogP) is 2.12. The molecule has 0 aliphatic heterocycles. The highest BCUT2D eigenvalue weighted by Crippen LogP contribution is 2.35. The number of ether oxygens (including phenoxy) is 1. The lowest BCUT2D eigenvalue weighted by Gasteiger charge is -2.11. The Labute approximate surface area is 94.1 Å². The normalized spacial score (nSPS) is 11.7. The first kappa shape index (κ1) is 13.9. The summed E-state index contributed by atoms with van der Waals surface area (Å²) in [4.78, 5) is 21.5. The van der Waals surface area contributed by atoms with Gasteiger partial charge in [0.25, 0.3) is 17.7 Å². The van der Waals surface area contributed by atoms with Crippen molar-refractivity contribution in [2.45, 2.75) is 12.8 Å². The minimum absolute atomic E-state index is 0.271. The molecule has 0 aromatic carbocycles. The third kappa shape index (κ3) is 2.93. The number of pyridine rings is 1. The first-order valence-corrected chi connectivity index (χ1v) is 4.07. The lowest BCUT2D eigenvalue weighted by molar-refractivity contribution is -0.386. The fourth-order valence-corrected chi connectivity index (χ4v) is 1.09. The molecule has 0 saturated carbocycles. The Hall–Kier alpha value is -2.20. The van der Waals surface area contributed by atoms with Gasteiger partial charge < -0.3 is 9.72 Å². The van der Waals surface area contributed by atoms with Crippen LogP contribution in [0.25, 0.3) is 0 Å². The zero-order chi connectivity index (χ0) is 14.1. The Morgan fingerprint density at radius 2 is 1.94 bits per heavy atom. The molecule has 0 unspecified atom stereocenters. The highest BCUT2D eigenvalue weighted by molar-refractivity contribution is 5.47. The number of hydrogen-bond donors (Lipinski definition) is 1. The number of alkyl halides is 5. The van der Waals surface area contributed by atoms with Gasteiger partial charge in [-0.2, -0.15) is 0 Å². The van der Waals surface area contributed by atoms with Gasteiger partial charge in [0.05, 0.1) is 11.1 Å². The van der Waals surface area contributed by atoms with E-state index < -0.39 is 40.3 Å². The lowest BCUT2D eigenvalue weighted by atomic mass is 10.2. The van der Waals surface area contributed by atoms with Crippen LogP contribution in [0.1, 0.15) is 12.0 Å². The molecule has 0 saturated heterocycles. The van der Waals surface area contributed by atoms with Crippen molar-refractivity contribution >= 4 is 5.69 Å². The van der Waals surface area contributed by atoms with Crippen LogP contribution in [0.2, 0.25) is 0 Å². The monoisotopic (exact) mass is 274 g/mol. The zero-order valence-corrected chi connectivity index (χ0v) is 8.12. The van der Waals surface area contributed by atoms with Crippen LogP contribution in [-0.2, 0) is 0 Å². The molecule has 0 aliphatic carbocycles. The molecule has 0 fully saturated rings. The van der Waals surface area contributed by atoms with Gasteiger partial charge >= 0.3 is 6.36 Å². The lowest BCUT2D eigenvalue weighted by Crippen LogP contribution is -2.24. The molecular formula is C7H3F5N2O4. The van der Waals surface area contributed by atoms with Gasteiger partial charge in [0, 0.05) is 0 Å². The van der Waals surface area contributed by atoms with Gasteiger partial charge in [0.15, 0.2) is 0 Å². The average molecular weight is 274 g/mol. The van der Waals surface area contributed by atoms with Crippen molar-refractivity contribution in [2.24, 2.45) is 0 Å². The van der Waals surface area contributed by atoms with E-state index in [1.807, 2.05) is 0 Å². The van der Waals surface area contributed by atoms with E-state index in [2.05, 4.69) is 4.74 Å². The smallest absolute Gasteiger partial charge is 0.399 e. The highest BCUT2D eigenvalue weighted by Gasteiger charge is 2.38. The molecule has 1 heterocycles. The summed E-state index contributed by atoms with van der Waals surface area (Å²) in [7, 11) is 0. The van der Waals surface area contributed by atoms with Crippen LogP contribution in [0.3, 0.4) is 0 Å². The van der Waals surface area contributed by atoms with Gasteiger partial charge in [-0.15, -0.1) is 13.2 Å². The van der Waals surface area contributed by atoms with E-state index in [1.54, 1.807) is 0 Å². The largest absolute Gasteiger partial charge is 0.573 e. The van der Waals surface area contributed by atoms with Crippen LogP contribution in [0.4, 0.5) is 27.6 Å². The molecule has 1 aromatic heterocycles. The molecule has 100 valence electrons. The molecule has 0 radical (unpaired) electrons. The summed E-state index contributed by atoms with van der Waals surface area (Å²) < 4.78 is 63.8. The van der Waals surface area contributed by atoms with Crippen LogP contribution < -0.4 is 10.3 Å². The third-order valence-electron chi connectivity index (χ3n) is 1.70. The number of aromatic amines is 1. The second kappa shape index (κ2) is 4.58. The number of aromatic nitrogens is 1. The maximum absolute atomic E-state index is 12.5. The molecule has 0 spiro atoms. The zero-order valence-electron chi connectivity index (χ0n) is 8.12. The summed E-state index contributed by atoms with van der Waals surface area (Å²) in [5.41, 5.74) is -4.74. The quantitative estimate of drug-likeness (QED) is 0.519. The van der Waals surface area contributed by atoms with E-state index in [9.17, 15) is 36.9 Å². The molecule has 11 heteroatoms. The molecule has 0 bridgehead atoms. The summed E-state index contributed by atoms with van der Waals surface area (Å²) in [5.74, 6) is -1.84. The van der Waals surface area contributed by atoms with E-state index >= 15 is 0 Å². The van der Waals surface area contributed by atoms with Gasteiger partial charge in [0.2, 0.25) is 5.75 Å². The van der Waals surface area contributed by atoms with E-state index in [-0.39, 0.29) is 6.20 Å². The standard InChI is InChI=1S/C7H3F5N2O4/c8-5(9)3-2(14(16)17)1-13-6(15)4(3)18-7(10,11)12/h1,5H,(H,13,15). The van der Waals surface area contributed by atoms with Crippen molar-refractivity contribution in [3.05, 3.63) is 32.2 Å². The number of rotatable bonds is 3. The molecule has 0 aliphatic rings. The summed E-state index contributed by atoms with van der Waals surface area (Å²) in [6.45, 7) is 0. The van der Waals surface area contributed by atoms with E-state index in [1.165, 1.54) is 4.98 Å². The molecule has 1 N–H and O–H groups in total. The van der Waals surface area contributed by atoms with Crippen molar-refractivity contribution < 1.29 is 31.6 Å². The van der Waals surface area contributed by atoms with Crippen LogP contribution in [-0.4, -0.2) is 16.3 Å². The van der Waals surface area contributed by atoms with Gasteiger partial charge in [-0.25, -0.2) is 8.78 Å². The number of hydrogen-bond acceptors (Lipinski definition) is 4. The van der Waals surface area contributed by atoms with Crippen molar-refractivity contribution in [3.63, 3.8) is 0 Å². The molecule has 1 rings (SSSR count). The maximum atomic E-state index is 12.5. The summed E-state index contributed by atoms with van der Waals surface area (Å²) in [5, 5.41) is 10.4. The van der Waals surface area contributed by atoms with Crippen LogP contribution in [0.5, 0.6) is 5.75 Å². The van der Waals surface area contributed by atoms with E-state index in [4.69, 9.17) is 0 Å². The molecule has 18 heavy (non-hydrogen) atoms. The summed E-state index contributed by atoms with van der Waals surface area (Å²) >= 11 is 0. The molecule has 6 nitrogen and oxygen atoms in total. The average Bonchev–Trinajstić information content (AvgIpc) is 2.17. The maximum Gasteiger partial charge on any atom is 0.573 e. The number of halogens is 5. The van der Waals surface area contributed by atoms with Crippen LogP contribution in [0.15, 0.2) is 11.0 Å². The molecule has 1 aromatic rings. The highest BCUT2D eigenvalue weighted by atomic mass is 19.4. The van der Waals surface area contributed by atoms with Crippen molar-refractivity contribution in [3.8, 4) is 5.75 Å². The third-order valence-corrected chi connectivity index (χ3v) is 1.70. The predicted molar refractivity (Wildman–Crippen MR) is 45.4 cm³/mol. The fourth-order valence-electron chi connectivity index (χ4n) is 1.09. The van der Waals surface area contributed by atoms with Gasteiger partial charge in [-0.05, 0) is 0 Å². The van der Waals surface area contributed by atoms with Crippen LogP contribution in [0, 0.1) is 10.1 Å². The number of nitro groups is 1. The molecular weight excluding hydrogens is 271 g/mol. The Kier molecular flexibility index (Phi) is 3.53. The van der Waals surface area contributed by atoms with Gasteiger partial charge in [0.1, 0.15) is 5.56 Å². The summed E-state index contributed by atoms with van der Waals surface area (Å²) in [6.07, 6.45) is -8.83. The Morgan fingerprint density at radius 1 is 1.39 bits per heavy atom. The topological polar surface area (TPSA) is 85.2 Å². The fraction of sp³-hybridized carbons (Fsp3) is 0.286. The Morgan fingerprint density at radius 3 is 2.33 bits per heavy atom. The van der Waals surface area contributed by atoms with Crippen LogP contribution >= 0.6 is 0 Å². The van der Waals surface area contributed by atoms with Gasteiger partial charge in [-0.3, -0.25) is 14.9 Å². The summed E-state index contributed by atoms with van der Waals surface area (Å²) in [6, 6.07) is 0. The van der Waals surface area contributed by atoms with Gasteiger partial charge in [-0.1, -0.05) is 0 Å². The Bertz CT molecular complexity index is 524. The SMILES string of the molecule is O=c1[nH]cc([N+](=O)[O-])c(C(F)F)c1OC(F)(F)F. The van der Waals surface area contributed by atoms with Crippen molar-refractivity contribution in [2.75, 3.05) is 0 Å². The first-order chi connectivity index (χ1) is 8.13. The first-order valence-electron chi connectivity index (χ1n) is 4.07. The number of nitrogens with zero attached hydrogens (tertiary/aromatic N) is 1. The number of nitrogens with one attached hydrogen (secondary N) is 1. The Balaban J connectivity index is 3.52. The van der Waals surface area contributed by atoms with E-state index in [0.717, 1.165) is 0 Å². The minimum atomic E-state index is -5.42. The molecule has 0 atom stereocenters. The van der Waals surface area contributed by atoms with Crippen molar-refractivity contribution in [1.29, 1.82) is 0 Å². The second-order valence-corrected chi connectivity index (χ2v) is 2.85. The number of H-pyrrole nitrogens is 1.